The summed E-state index contributed by atoms with van der Waals surface area (Å²) in [4.78, 5) is 28.6. The van der Waals surface area contributed by atoms with E-state index in [0.29, 0.717) is 10.8 Å². The summed E-state index contributed by atoms with van der Waals surface area (Å²) in [5.41, 5.74) is 0.160. The molecule has 0 atom stereocenters. The molecule has 84 valence electrons. The van der Waals surface area contributed by atoms with E-state index in [2.05, 4.69) is 9.97 Å². The van der Waals surface area contributed by atoms with Gasteiger partial charge in [-0.1, -0.05) is 0 Å². The van der Waals surface area contributed by atoms with Crippen LogP contribution >= 0.6 is 0 Å². The van der Waals surface area contributed by atoms with Crippen molar-refractivity contribution >= 4 is 12.1 Å². The molecule has 0 bridgehead atoms. The number of aromatic amines is 1. The van der Waals surface area contributed by atoms with Gasteiger partial charge >= 0.3 is 6.03 Å². The van der Waals surface area contributed by atoms with Crippen molar-refractivity contribution in [2.24, 2.45) is 5.84 Å². The van der Waals surface area contributed by atoms with Crippen LogP contribution in [0.2, 0.25) is 0 Å². The largest absolute Gasteiger partial charge is 0.397 e. The first-order valence-corrected chi connectivity index (χ1v) is 4.30. The van der Waals surface area contributed by atoms with Crippen LogP contribution in [0.3, 0.4) is 0 Å². The third-order valence-corrected chi connectivity index (χ3v) is 2.02. The highest BCUT2D eigenvalue weighted by molar-refractivity contribution is 5.79. The number of nitro groups is 1. The minimum absolute atomic E-state index is 0.0273. The molecule has 0 aliphatic carbocycles. The van der Waals surface area contributed by atoms with Crippen LogP contribution in [0.15, 0.2) is 18.1 Å². The first-order chi connectivity index (χ1) is 7.59. The van der Waals surface area contributed by atoms with E-state index in [9.17, 15) is 14.9 Å². The monoisotopic (exact) mass is 224 g/mol. The lowest BCUT2D eigenvalue weighted by atomic mass is 10.4. The molecule has 0 saturated carbocycles. The second-order valence-electron chi connectivity index (χ2n) is 3.07. The van der Waals surface area contributed by atoms with Gasteiger partial charge in [0.05, 0.1) is 6.54 Å². The van der Waals surface area contributed by atoms with E-state index in [-0.39, 0.29) is 12.2 Å². The zero-order chi connectivity index (χ0) is 11.7. The molecule has 16 heavy (non-hydrogen) atoms. The number of hydrogen-bond donors (Lipinski definition) is 2. The van der Waals surface area contributed by atoms with Crippen molar-refractivity contribution in [2.75, 3.05) is 6.54 Å². The van der Waals surface area contributed by atoms with Crippen LogP contribution in [-0.4, -0.2) is 37.6 Å². The number of nitrogens with two attached hydrogens (primary N) is 1. The molecule has 9 nitrogen and oxygen atoms in total. The van der Waals surface area contributed by atoms with E-state index in [1.807, 2.05) is 0 Å². The van der Waals surface area contributed by atoms with Crippen molar-refractivity contribution < 1.29 is 9.83 Å². The van der Waals surface area contributed by atoms with Crippen LogP contribution in [0.4, 0.5) is 4.79 Å². The molecule has 0 spiro atoms. The maximum atomic E-state index is 11.3. The summed E-state index contributed by atoms with van der Waals surface area (Å²) < 4.78 is 0. The highest BCUT2D eigenvalue weighted by atomic mass is 16.7. The van der Waals surface area contributed by atoms with E-state index in [4.69, 9.17) is 5.84 Å². The molecular formula is C7H8N6O3. The van der Waals surface area contributed by atoms with Gasteiger partial charge in [0.1, 0.15) is 11.5 Å². The molecule has 2 rings (SSSR count). The fraction of sp³-hybridized carbons (Fsp3) is 0.143. The summed E-state index contributed by atoms with van der Waals surface area (Å²) in [5, 5.41) is 11.0. The molecule has 1 aliphatic rings. The Balaban J connectivity index is 2.34. The fourth-order valence-electron chi connectivity index (χ4n) is 1.35. The van der Waals surface area contributed by atoms with Gasteiger partial charge in [0.2, 0.25) is 0 Å². The van der Waals surface area contributed by atoms with Crippen LogP contribution in [0.1, 0.15) is 5.82 Å². The van der Waals surface area contributed by atoms with Gasteiger partial charge in [-0.15, -0.1) is 0 Å². The Morgan fingerprint density at radius 3 is 3.00 bits per heavy atom. The number of hydrazine groups is 2. The highest BCUT2D eigenvalue weighted by Crippen LogP contribution is 2.18. The minimum Gasteiger partial charge on any atom is -0.345 e. The maximum Gasteiger partial charge on any atom is 0.397 e. The van der Waals surface area contributed by atoms with Gasteiger partial charge in [-0.05, 0) is 5.01 Å². The number of carbonyl (C=O) groups is 1. The van der Waals surface area contributed by atoms with Crippen molar-refractivity contribution in [2.45, 2.75) is 0 Å². The first-order valence-electron chi connectivity index (χ1n) is 4.30. The molecule has 0 unspecified atom stereocenters. The molecular weight excluding hydrogens is 216 g/mol. The topological polar surface area (TPSA) is 121 Å². The summed E-state index contributed by atoms with van der Waals surface area (Å²) in [6.07, 6.45) is 4.47. The summed E-state index contributed by atoms with van der Waals surface area (Å²) in [5.74, 6) is 5.71. The number of aromatic nitrogens is 2. The molecule has 2 heterocycles. The Hall–Kier alpha value is -2.42. The van der Waals surface area contributed by atoms with E-state index in [1.165, 1.54) is 12.3 Å². The van der Waals surface area contributed by atoms with Crippen molar-refractivity contribution in [3.8, 4) is 0 Å². The Kier molecular flexibility index (Phi) is 2.29. The van der Waals surface area contributed by atoms with Gasteiger partial charge in [0.25, 0.3) is 0 Å². The number of carbonyl (C=O) groups excluding carboxylic acids is 1. The van der Waals surface area contributed by atoms with E-state index < -0.39 is 11.1 Å². The van der Waals surface area contributed by atoms with Crippen molar-refractivity contribution in [1.29, 1.82) is 0 Å². The Labute approximate surface area is 89.2 Å². The molecule has 1 aromatic heterocycles. The van der Waals surface area contributed by atoms with Gasteiger partial charge in [-0.3, -0.25) is 5.01 Å². The molecule has 1 fully saturated rings. The molecule has 3 N–H and O–H groups in total. The number of urea groups is 1. The number of nitrogens with one attached hydrogen (secondary N) is 1. The van der Waals surface area contributed by atoms with Crippen LogP contribution < -0.4 is 5.84 Å². The number of hydrogen-bond acceptors (Lipinski definition) is 5. The number of H-pyrrole nitrogens is 1. The van der Waals surface area contributed by atoms with Gasteiger partial charge in [-0.25, -0.2) is 25.7 Å². The van der Waals surface area contributed by atoms with Gasteiger partial charge < -0.3 is 4.98 Å². The van der Waals surface area contributed by atoms with Gasteiger partial charge in [0.15, 0.2) is 5.03 Å². The molecule has 9 heteroatoms. The van der Waals surface area contributed by atoms with Gasteiger partial charge in [0, 0.05) is 18.5 Å². The lowest BCUT2D eigenvalue weighted by Crippen LogP contribution is -2.38. The number of rotatable bonds is 2. The highest BCUT2D eigenvalue weighted by Gasteiger charge is 2.40. The number of imidazole rings is 1. The lowest BCUT2D eigenvalue weighted by Gasteiger charge is -2.04. The van der Waals surface area contributed by atoms with Crippen molar-refractivity contribution in [3.05, 3.63) is 34.0 Å². The normalized spacial score (nSPS) is 18.6. The van der Waals surface area contributed by atoms with Crippen LogP contribution in [0, 0.1) is 10.1 Å². The SMILES string of the molecule is NN1CC(=Cc2ncc[nH]2)N([N+](=O)[O-])C1=O. The van der Waals surface area contributed by atoms with Gasteiger partial charge in [-0.2, -0.15) is 0 Å². The minimum atomic E-state index is -0.872. The number of nitrogens with zero attached hydrogens (tertiary/aromatic N) is 4. The Morgan fingerprint density at radius 2 is 2.44 bits per heavy atom. The molecule has 1 aromatic rings. The molecule has 1 saturated heterocycles. The molecule has 0 radical (unpaired) electrons. The van der Waals surface area contributed by atoms with Crippen molar-refractivity contribution in [3.63, 3.8) is 0 Å². The van der Waals surface area contributed by atoms with Crippen molar-refractivity contribution in [1.82, 2.24) is 20.0 Å². The van der Waals surface area contributed by atoms with E-state index in [0.717, 1.165) is 5.01 Å². The predicted octanol–water partition coefficient (Wildman–Crippen LogP) is -0.446. The summed E-state index contributed by atoms with van der Waals surface area (Å²) in [6.45, 7) is -0.0273. The third kappa shape index (κ3) is 1.59. The predicted molar refractivity (Wildman–Crippen MR) is 51.7 cm³/mol. The molecule has 0 aromatic carbocycles. The maximum absolute atomic E-state index is 11.3. The zero-order valence-corrected chi connectivity index (χ0v) is 8.03. The molecule has 1 aliphatic heterocycles. The standard InChI is InChI=1S/C7H8N6O3/c8-11-4-5(3-6-9-1-2-10-6)12(7(11)14)13(15)16/h1-3H,4,8H2,(H,9,10). The fourth-order valence-corrected chi connectivity index (χ4v) is 1.35. The summed E-state index contributed by atoms with van der Waals surface area (Å²) in [6, 6.07) is -0.872. The van der Waals surface area contributed by atoms with Crippen LogP contribution in [-0.2, 0) is 0 Å². The second kappa shape index (κ2) is 3.62. The zero-order valence-electron chi connectivity index (χ0n) is 8.03. The molecule has 2 amide bonds. The smallest absolute Gasteiger partial charge is 0.345 e. The lowest BCUT2D eigenvalue weighted by molar-refractivity contribution is -0.619. The van der Waals surface area contributed by atoms with Crippen LogP contribution in [0.5, 0.6) is 0 Å². The average Bonchev–Trinajstić information content (AvgIpc) is 2.77. The average molecular weight is 224 g/mol. The summed E-state index contributed by atoms with van der Waals surface area (Å²) >= 11 is 0. The quantitative estimate of drug-likeness (QED) is 0.305. The Morgan fingerprint density at radius 1 is 1.69 bits per heavy atom. The second-order valence-corrected chi connectivity index (χ2v) is 3.07. The number of amides is 2. The van der Waals surface area contributed by atoms with E-state index >= 15 is 0 Å². The third-order valence-electron chi connectivity index (χ3n) is 2.02. The van der Waals surface area contributed by atoms with E-state index in [1.54, 1.807) is 6.20 Å². The first kappa shape index (κ1) is 10.1. The Bertz CT molecular complexity index is 453. The van der Waals surface area contributed by atoms with Crippen LogP contribution in [0.25, 0.3) is 6.08 Å². The summed E-state index contributed by atoms with van der Waals surface area (Å²) in [7, 11) is 0.